The van der Waals surface area contributed by atoms with Crippen molar-refractivity contribution in [1.29, 1.82) is 0 Å². The number of benzene rings is 1. The molecule has 0 fully saturated rings. The molecule has 0 bridgehead atoms. The zero-order valence-electron chi connectivity index (χ0n) is 7.84. The lowest BCUT2D eigenvalue weighted by atomic mass is 10.1. The molecule has 0 unspecified atom stereocenters. The van der Waals surface area contributed by atoms with Crippen LogP contribution in [0.3, 0.4) is 0 Å². The van der Waals surface area contributed by atoms with E-state index in [1.54, 1.807) is 0 Å². The summed E-state index contributed by atoms with van der Waals surface area (Å²) in [4.78, 5) is 20.7. The zero-order chi connectivity index (χ0) is 12.2. The van der Waals surface area contributed by atoms with Crippen molar-refractivity contribution in [2.45, 2.75) is 6.18 Å². The molecule has 2 nitrogen and oxygen atoms in total. The summed E-state index contributed by atoms with van der Waals surface area (Å²) in [6, 6.07) is 4.53. The van der Waals surface area contributed by atoms with Gasteiger partial charge in [-0.2, -0.15) is 13.2 Å². The number of hydrogen-bond acceptors (Lipinski definition) is 2. The summed E-state index contributed by atoms with van der Waals surface area (Å²) in [6.07, 6.45) is -4.51. The third-order valence-electron chi connectivity index (χ3n) is 1.68. The Labute approximate surface area is 89.1 Å². The minimum Gasteiger partial charge on any atom is -0.289 e. The Morgan fingerprint density at radius 2 is 1.75 bits per heavy atom. The van der Waals surface area contributed by atoms with Crippen molar-refractivity contribution in [1.82, 2.24) is 0 Å². The fourth-order valence-electron chi connectivity index (χ4n) is 0.981. The quantitative estimate of drug-likeness (QED) is 0.417. The minimum atomic E-state index is -4.88. The van der Waals surface area contributed by atoms with Crippen molar-refractivity contribution < 1.29 is 22.8 Å². The molecular weight excluding hydrogens is 221 g/mol. The summed E-state index contributed by atoms with van der Waals surface area (Å²) >= 11 is 0. The van der Waals surface area contributed by atoms with Crippen LogP contribution in [0.5, 0.6) is 0 Å². The molecule has 1 rings (SSSR count). The smallest absolute Gasteiger partial charge is 0.289 e. The molecule has 16 heavy (non-hydrogen) atoms. The third kappa shape index (κ3) is 2.95. The molecule has 0 aliphatic carbocycles. The molecule has 0 aromatic heterocycles. The minimum absolute atomic E-state index is 0.367. The van der Waals surface area contributed by atoms with E-state index in [0.29, 0.717) is 11.8 Å². The molecule has 5 heteroatoms. The average molecular weight is 226 g/mol. The number of carbonyl (C=O) groups is 2. The first-order chi connectivity index (χ1) is 7.45. The Balaban J connectivity index is 2.95. The largest absolute Gasteiger partial charge is 0.454 e. The first kappa shape index (κ1) is 12.0. The van der Waals surface area contributed by atoms with Crippen LogP contribution in [0.25, 0.3) is 0 Å². The second kappa shape index (κ2) is 4.62. The average Bonchev–Trinajstić information content (AvgIpc) is 2.25. The molecule has 0 radical (unpaired) electrons. The van der Waals surface area contributed by atoms with E-state index in [0.717, 1.165) is 12.1 Å². The summed E-state index contributed by atoms with van der Waals surface area (Å²) in [5, 5.41) is 0. The second-order valence-corrected chi connectivity index (χ2v) is 2.79. The van der Waals surface area contributed by atoms with Crippen LogP contribution in [-0.2, 0) is 4.79 Å². The van der Waals surface area contributed by atoms with Crippen molar-refractivity contribution in [2.24, 2.45) is 0 Å². The van der Waals surface area contributed by atoms with Crippen molar-refractivity contribution in [3.63, 3.8) is 0 Å². The summed E-state index contributed by atoms with van der Waals surface area (Å²) < 4.78 is 36.0. The van der Waals surface area contributed by atoms with E-state index in [1.807, 2.05) is 0 Å². The lowest BCUT2D eigenvalue weighted by molar-refractivity contribution is -0.103. The summed E-state index contributed by atoms with van der Waals surface area (Å²) in [6.45, 7) is 0. The van der Waals surface area contributed by atoms with Crippen LogP contribution in [0.15, 0.2) is 24.3 Å². The Kier molecular flexibility index (Phi) is 3.46. The second-order valence-electron chi connectivity index (χ2n) is 2.79. The summed E-state index contributed by atoms with van der Waals surface area (Å²) in [5.74, 6) is 2.59. The van der Waals surface area contributed by atoms with Gasteiger partial charge in [-0.05, 0) is 30.2 Å². The molecule has 0 atom stereocenters. The topological polar surface area (TPSA) is 34.1 Å². The van der Waals surface area contributed by atoms with Gasteiger partial charge in [-0.25, -0.2) is 0 Å². The van der Waals surface area contributed by atoms with Gasteiger partial charge in [0.2, 0.25) is 0 Å². The van der Waals surface area contributed by atoms with Gasteiger partial charge in [0, 0.05) is 11.1 Å². The molecule has 0 aliphatic heterocycles. The third-order valence-corrected chi connectivity index (χ3v) is 1.68. The highest BCUT2D eigenvalue weighted by Gasteiger charge is 2.38. The molecule has 1 aromatic carbocycles. The number of ketones is 1. The van der Waals surface area contributed by atoms with Gasteiger partial charge in [-0.3, -0.25) is 9.59 Å². The van der Waals surface area contributed by atoms with Gasteiger partial charge in [0.15, 0.2) is 6.29 Å². The molecular formula is C11H5F3O2. The van der Waals surface area contributed by atoms with Crippen molar-refractivity contribution in [3.05, 3.63) is 35.4 Å². The van der Waals surface area contributed by atoms with Crippen LogP contribution in [-0.4, -0.2) is 18.2 Å². The molecule has 0 saturated carbocycles. The van der Waals surface area contributed by atoms with Gasteiger partial charge in [0.1, 0.15) is 0 Å². The maximum Gasteiger partial charge on any atom is 0.454 e. The Morgan fingerprint density at radius 1 is 1.19 bits per heavy atom. The Hall–Kier alpha value is -2.09. The van der Waals surface area contributed by atoms with Crippen LogP contribution in [0.4, 0.5) is 13.2 Å². The standard InChI is InChI=1S/C11H5F3O2/c12-11(13,14)10(16)9-5-3-8(4-6-9)2-1-7-15/h3-7H. The molecule has 0 N–H and O–H groups in total. The number of hydrogen-bond donors (Lipinski definition) is 0. The van der Waals surface area contributed by atoms with Crippen molar-refractivity contribution >= 4 is 12.1 Å². The van der Waals surface area contributed by atoms with Crippen molar-refractivity contribution in [2.75, 3.05) is 0 Å². The maximum absolute atomic E-state index is 12.0. The van der Waals surface area contributed by atoms with Crippen molar-refractivity contribution in [3.8, 4) is 11.8 Å². The fraction of sp³-hybridized carbons (Fsp3) is 0.0909. The number of rotatable bonds is 1. The van der Waals surface area contributed by atoms with Crippen LogP contribution >= 0.6 is 0 Å². The van der Waals surface area contributed by atoms with E-state index >= 15 is 0 Å². The molecule has 0 saturated heterocycles. The maximum atomic E-state index is 12.0. The van der Waals surface area contributed by atoms with Crippen LogP contribution in [0.1, 0.15) is 15.9 Å². The Morgan fingerprint density at radius 3 is 2.19 bits per heavy atom. The van der Waals surface area contributed by atoms with E-state index in [-0.39, 0.29) is 0 Å². The first-order valence-electron chi connectivity index (χ1n) is 4.12. The van der Waals surface area contributed by atoms with Crippen LogP contribution in [0, 0.1) is 11.8 Å². The molecule has 82 valence electrons. The molecule has 1 aromatic rings. The van der Waals surface area contributed by atoms with Gasteiger partial charge in [-0.15, -0.1) is 0 Å². The summed E-state index contributed by atoms with van der Waals surface area (Å²) in [5.41, 5.74) is -0.0880. The summed E-state index contributed by atoms with van der Waals surface area (Å²) in [7, 11) is 0. The van der Waals surface area contributed by atoms with E-state index < -0.39 is 17.5 Å². The normalized spacial score (nSPS) is 10.2. The van der Waals surface area contributed by atoms with Gasteiger partial charge >= 0.3 is 6.18 Å². The predicted molar refractivity (Wildman–Crippen MR) is 49.8 cm³/mol. The van der Waals surface area contributed by atoms with E-state index in [2.05, 4.69) is 11.8 Å². The first-order valence-corrected chi connectivity index (χ1v) is 4.12. The zero-order valence-corrected chi connectivity index (χ0v) is 7.84. The monoisotopic (exact) mass is 226 g/mol. The number of carbonyl (C=O) groups excluding carboxylic acids is 2. The number of alkyl halides is 3. The molecule has 0 spiro atoms. The van der Waals surface area contributed by atoms with Gasteiger partial charge in [-0.1, -0.05) is 5.92 Å². The lowest BCUT2D eigenvalue weighted by Gasteiger charge is -2.04. The van der Waals surface area contributed by atoms with E-state index in [9.17, 15) is 22.8 Å². The van der Waals surface area contributed by atoms with E-state index in [1.165, 1.54) is 12.1 Å². The number of halogens is 3. The highest BCUT2D eigenvalue weighted by atomic mass is 19.4. The highest BCUT2D eigenvalue weighted by molar-refractivity contribution is 6.00. The van der Waals surface area contributed by atoms with Gasteiger partial charge in [0.25, 0.3) is 5.78 Å². The SMILES string of the molecule is O=CC#Cc1ccc(C(=O)C(F)(F)F)cc1. The lowest BCUT2D eigenvalue weighted by Crippen LogP contribution is -2.22. The number of Topliss-reactive ketones (excluding diaryl/α,β-unsaturated/α-hetero) is 1. The van der Waals surface area contributed by atoms with Gasteiger partial charge < -0.3 is 0 Å². The predicted octanol–water partition coefficient (Wildman–Crippen LogP) is 1.98. The number of aldehydes is 1. The highest BCUT2D eigenvalue weighted by Crippen LogP contribution is 2.21. The Bertz CT molecular complexity index is 461. The molecule has 0 amide bonds. The van der Waals surface area contributed by atoms with E-state index in [4.69, 9.17) is 0 Å². The molecule has 0 heterocycles. The van der Waals surface area contributed by atoms with Crippen LogP contribution < -0.4 is 0 Å². The van der Waals surface area contributed by atoms with Crippen LogP contribution in [0.2, 0.25) is 0 Å². The fourth-order valence-corrected chi connectivity index (χ4v) is 0.981. The molecule has 0 aliphatic rings. The van der Waals surface area contributed by atoms with Gasteiger partial charge in [0.05, 0.1) is 0 Å².